The van der Waals surface area contributed by atoms with E-state index >= 15 is 0 Å². The molecule has 2 aromatic rings. The number of hydrogen-bond acceptors (Lipinski definition) is 2. The third kappa shape index (κ3) is 4.10. The molecule has 104 valence electrons. The molecule has 2 rings (SSSR count). The van der Waals surface area contributed by atoms with Crippen molar-refractivity contribution in [2.75, 3.05) is 17.3 Å². The Labute approximate surface area is 127 Å². The summed E-state index contributed by atoms with van der Waals surface area (Å²) in [6, 6.07) is 16.7. The van der Waals surface area contributed by atoms with Crippen molar-refractivity contribution in [3.8, 4) is 5.75 Å². The lowest BCUT2D eigenvalue weighted by molar-refractivity contribution is 0.102. The van der Waals surface area contributed by atoms with Gasteiger partial charge in [-0.1, -0.05) is 46.3 Å². The number of hydrogen-bond donors (Lipinski definition) is 1. The van der Waals surface area contributed by atoms with Gasteiger partial charge in [0.25, 0.3) is 5.91 Å². The van der Waals surface area contributed by atoms with Gasteiger partial charge in [0, 0.05) is 11.0 Å². The molecule has 0 saturated carbocycles. The summed E-state index contributed by atoms with van der Waals surface area (Å²) in [6.45, 7) is 0.584. The number of amides is 1. The summed E-state index contributed by atoms with van der Waals surface area (Å²) in [6.07, 6.45) is 0.897. The third-order valence-electron chi connectivity index (χ3n) is 2.70. The fourth-order valence-electron chi connectivity index (χ4n) is 1.74. The molecule has 2 aromatic carbocycles. The van der Waals surface area contributed by atoms with Crippen LogP contribution in [0, 0.1) is 0 Å². The molecule has 0 unspecified atom stereocenters. The topological polar surface area (TPSA) is 38.3 Å². The first kappa shape index (κ1) is 14.6. The van der Waals surface area contributed by atoms with E-state index < -0.39 is 0 Å². The number of anilines is 1. The molecule has 0 fully saturated rings. The molecule has 0 aliphatic rings. The van der Waals surface area contributed by atoms with Crippen LogP contribution in [0.2, 0.25) is 0 Å². The Morgan fingerprint density at radius 1 is 1.05 bits per heavy atom. The summed E-state index contributed by atoms with van der Waals surface area (Å²) in [5.74, 6) is 0.451. The second kappa shape index (κ2) is 7.70. The molecule has 0 spiro atoms. The predicted octanol–water partition coefficient (Wildman–Crippen LogP) is 4.10. The second-order valence-electron chi connectivity index (χ2n) is 4.21. The fourth-order valence-corrected chi connectivity index (χ4v) is 1.97. The number of carbonyl (C=O) groups excluding carboxylic acids is 1. The van der Waals surface area contributed by atoms with E-state index in [4.69, 9.17) is 4.74 Å². The molecule has 0 bridgehead atoms. The van der Waals surface area contributed by atoms with E-state index in [9.17, 15) is 4.79 Å². The van der Waals surface area contributed by atoms with Crippen molar-refractivity contribution in [3.63, 3.8) is 0 Å². The molecule has 0 aliphatic heterocycles. The zero-order chi connectivity index (χ0) is 14.2. The van der Waals surface area contributed by atoms with Crippen LogP contribution in [0.25, 0.3) is 0 Å². The highest BCUT2D eigenvalue weighted by Crippen LogP contribution is 2.20. The number of nitrogens with one attached hydrogen (secondary N) is 1. The van der Waals surface area contributed by atoms with Gasteiger partial charge in [-0.3, -0.25) is 4.79 Å². The molecule has 0 atom stereocenters. The van der Waals surface area contributed by atoms with E-state index in [1.54, 1.807) is 6.07 Å². The smallest absolute Gasteiger partial charge is 0.259 e. The molecule has 0 radical (unpaired) electrons. The quantitative estimate of drug-likeness (QED) is 0.638. The summed E-state index contributed by atoms with van der Waals surface area (Å²) in [4.78, 5) is 12.3. The first-order valence-corrected chi connectivity index (χ1v) is 7.57. The van der Waals surface area contributed by atoms with Crippen LogP contribution in [0.3, 0.4) is 0 Å². The highest BCUT2D eigenvalue weighted by molar-refractivity contribution is 9.09. The summed E-state index contributed by atoms with van der Waals surface area (Å²) >= 11 is 3.36. The lowest BCUT2D eigenvalue weighted by Crippen LogP contribution is -2.13. The van der Waals surface area contributed by atoms with Gasteiger partial charge >= 0.3 is 0 Å². The van der Waals surface area contributed by atoms with Gasteiger partial charge in [0.2, 0.25) is 0 Å². The van der Waals surface area contributed by atoms with Crippen LogP contribution in [0.4, 0.5) is 5.69 Å². The van der Waals surface area contributed by atoms with Gasteiger partial charge in [0.1, 0.15) is 5.75 Å². The van der Waals surface area contributed by atoms with Crippen molar-refractivity contribution in [1.82, 2.24) is 0 Å². The van der Waals surface area contributed by atoms with Crippen LogP contribution in [-0.2, 0) is 0 Å². The van der Waals surface area contributed by atoms with Gasteiger partial charge < -0.3 is 10.1 Å². The molecule has 4 heteroatoms. The Morgan fingerprint density at radius 2 is 1.75 bits per heavy atom. The van der Waals surface area contributed by atoms with Crippen LogP contribution in [0.15, 0.2) is 54.6 Å². The number of para-hydroxylation sites is 2. The van der Waals surface area contributed by atoms with Crippen molar-refractivity contribution in [2.45, 2.75) is 6.42 Å². The Morgan fingerprint density at radius 3 is 2.50 bits per heavy atom. The van der Waals surface area contributed by atoms with Gasteiger partial charge in [0.05, 0.1) is 12.2 Å². The second-order valence-corrected chi connectivity index (χ2v) is 5.00. The van der Waals surface area contributed by atoms with Crippen LogP contribution < -0.4 is 10.1 Å². The highest BCUT2D eigenvalue weighted by Gasteiger charge is 2.11. The maximum absolute atomic E-state index is 12.3. The van der Waals surface area contributed by atoms with E-state index in [0.29, 0.717) is 17.9 Å². The van der Waals surface area contributed by atoms with E-state index in [1.165, 1.54) is 0 Å². The van der Waals surface area contributed by atoms with E-state index in [-0.39, 0.29) is 5.91 Å². The monoisotopic (exact) mass is 333 g/mol. The molecular formula is C16H16BrNO2. The normalized spacial score (nSPS) is 10.1. The molecule has 0 saturated heterocycles. The van der Waals surface area contributed by atoms with Gasteiger partial charge in [-0.15, -0.1) is 0 Å². The SMILES string of the molecule is O=C(Nc1ccccc1)c1ccccc1OCCCBr. The number of rotatable bonds is 6. The molecule has 0 aromatic heterocycles. The van der Waals surface area contributed by atoms with E-state index in [0.717, 1.165) is 17.4 Å². The van der Waals surface area contributed by atoms with Crippen molar-refractivity contribution in [3.05, 3.63) is 60.2 Å². The Bertz CT molecular complexity index is 557. The van der Waals surface area contributed by atoms with Crippen molar-refractivity contribution >= 4 is 27.5 Å². The Kier molecular flexibility index (Phi) is 5.62. The predicted molar refractivity (Wildman–Crippen MR) is 84.7 cm³/mol. The van der Waals surface area contributed by atoms with Gasteiger partial charge in [0.15, 0.2) is 0 Å². The number of ether oxygens (including phenoxy) is 1. The lowest BCUT2D eigenvalue weighted by Gasteiger charge is -2.11. The molecule has 3 nitrogen and oxygen atoms in total. The number of benzene rings is 2. The molecular weight excluding hydrogens is 318 g/mol. The first-order valence-electron chi connectivity index (χ1n) is 6.45. The van der Waals surface area contributed by atoms with Crippen molar-refractivity contribution in [2.24, 2.45) is 0 Å². The minimum Gasteiger partial charge on any atom is -0.493 e. The Balaban J connectivity index is 2.09. The average Bonchev–Trinajstić information content (AvgIpc) is 2.49. The number of carbonyl (C=O) groups is 1. The van der Waals surface area contributed by atoms with Crippen molar-refractivity contribution < 1.29 is 9.53 Å². The maximum Gasteiger partial charge on any atom is 0.259 e. The third-order valence-corrected chi connectivity index (χ3v) is 3.26. The van der Waals surface area contributed by atoms with Crippen LogP contribution >= 0.6 is 15.9 Å². The minimum atomic E-state index is -0.161. The van der Waals surface area contributed by atoms with Crippen LogP contribution in [0.5, 0.6) is 5.75 Å². The minimum absolute atomic E-state index is 0.161. The fraction of sp³-hybridized carbons (Fsp3) is 0.188. The van der Waals surface area contributed by atoms with Gasteiger partial charge in [-0.25, -0.2) is 0 Å². The first-order chi connectivity index (χ1) is 9.81. The average molecular weight is 334 g/mol. The largest absolute Gasteiger partial charge is 0.493 e. The van der Waals surface area contributed by atoms with E-state index in [2.05, 4.69) is 21.2 Å². The lowest BCUT2D eigenvalue weighted by atomic mass is 10.2. The standard InChI is InChI=1S/C16H16BrNO2/c17-11-6-12-20-15-10-5-4-9-14(15)16(19)18-13-7-2-1-3-8-13/h1-5,7-10H,6,11-12H2,(H,18,19). The number of halogens is 1. The summed E-state index contributed by atoms with van der Waals surface area (Å²) in [5.41, 5.74) is 1.32. The summed E-state index contributed by atoms with van der Waals surface area (Å²) in [7, 11) is 0. The van der Waals surface area contributed by atoms with Crippen molar-refractivity contribution in [1.29, 1.82) is 0 Å². The Hall–Kier alpha value is -1.81. The van der Waals surface area contributed by atoms with Crippen LogP contribution in [0.1, 0.15) is 16.8 Å². The summed E-state index contributed by atoms with van der Waals surface area (Å²) < 4.78 is 5.65. The van der Waals surface area contributed by atoms with Gasteiger partial charge in [-0.2, -0.15) is 0 Å². The summed E-state index contributed by atoms with van der Waals surface area (Å²) in [5, 5.41) is 3.74. The molecule has 0 heterocycles. The number of alkyl halides is 1. The zero-order valence-electron chi connectivity index (χ0n) is 11.0. The van der Waals surface area contributed by atoms with E-state index in [1.807, 2.05) is 48.5 Å². The van der Waals surface area contributed by atoms with Gasteiger partial charge in [-0.05, 0) is 30.7 Å². The van der Waals surface area contributed by atoms with Crippen LogP contribution in [-0.4, -0.2) is 17.8 Å². The highest BCUT2D eigenvalue weighted by atomic mass is 79.9. The molecule has 0 aliphatic carbocycles. The molecule has 1 amide bonds. The molecule has 20 heavy (non-hydrogen) atoms. The maximum atomic E-state index is 12.3. The molecule has 1 N–H and O–H groups in total. The zero-order valence-corrected chi connectivity index (χ0v) is 12.6.